The largest absolute Gasteiger partial charge is 0.355 e. The van der Waals surface area contributed by atoms with Crippen molar-refractivity contribution >= 4 is 21.8 Å². The van der Waals surface area contributed by atoms with Gasteiger partial charge < -0.3 is 5.32 Å². The van der Waals surface area contributed by atoms with Crippen LogP contribution in [0.4, 0.5) is 0 Å². The third kappa shape index (κ3) is 3.76. The van der Waals surface area contributed by atoms with E-state index in [9.17, 15) is 4.79 Å². The molecule has 16 heavy (non-hydrogen) atoms. The molecule has 0 spiro atoms. The zero-order chi connectivity index (χ0) is 12.2. The molecule has 0 heterocycles. The topological polar surface area (TPSA) is 29.1 Å². The number of hydrogen-bond donors (Lipinski definition) is 1. The SMILES string of the molecule is CCCC(Br)CNC(=O)C1CCCC1(C)C. The molecule has 1 rings (SSSR count). The number of carbonyl (C=O) groups is 1. The average molecular weight is 290 g/mol. The van der Waals surface area contributed by atoms with Crippen LogP contribution in [0.3, 0.4) is 0 Å². The summed E-state index contributed by atoms with van der Waals surface area (Å²) in [5, 5.41) is 3.08. The second-order valence-corrected chi connectivity index (χ2v) is 6.86. The Morgan fingerprint density at radius 1 is 1.56 bits per heavy atom. The molecular formula is C13H24BrNO. The molecular weight excluding hydrogens is 266 g/mol. The van der Waals surface area contributed by atoms with E-state index in [2.05, 4.69) is 42.0 Å². The molecule has 2 nitrogen and oxygen atoms in total. The lowest BCUT2D eigenvalue weighted by Crippen LogP contribution is -2.38. The van der Waals surface area contributed by atoms with Crippen LogP contribution in [0, 0.1) is 11.3 Å². The first-order chi connectivity index (χ1) is 7.47. The van der Waals surface area contributed by atoms with Crippen LogP contribution in [0.25, 0.3) is 0 Å². The lowest BCUT2D eigenvalue weighted by Gasteiger charge is -2.26. The number of nitrogens with one attached hydrogen (secondary N) is 1. The van der Waals surface area contributed by atoms with Gasteiger partial charge in [0.1, 0.15) is 0 Å². The van der Waals surface area contributed by atoms with E-state index in [4.69, 9.17) is 0 Å². The molecule has 1 fully saturated rings. The first kappa shape index (κ1) is 14.0. The molecule has 3 heteroatoms. The van der Waals surface area contributed by atoms with Gasteiger partial charge in [0, 0.05) is 17.3 Å². The predicted molar refractivity (Wildman–Crippen MR) is 71.8 cm³/mol. The quantitative estimate of drug-likeness (QED) is 0.772. The number of halogens is 1. The van der Waals surface area contributed by atoms with E-state index in [1.54, 1.807) is 0 Å². The molecule has 0 aromatic carbocycles. The molecule has 2 unspecified atom stereocenters. The van der Waals surface area contributed by atoms with Gasteiger partial charge in [-0.3, -0.25) is 4.79 Å². The number of hydrogen-bond acceptors (Lipinski definition) is 1. The summed E-state index contributed by atoms with van der Waals surface area (Å²) in [4.78, 5) is 12.5. The Morgan fingerprint density at radius 2 is 2.25 bits per heavy atom. The van der Waals surface area contributed by atoms with Crippen molar-refractivity contribution in [2.24, 2.45) is 11.3 Å². The highest BCUT2D eigenvalue weighted by Gasteiger charge is 2.39. The van der Waals surface area contributed by atoms with E-state index < -0.39 is 0 Å². The number of rotatable bonds is 5. The van der Waals surface area contributed by atoms with Crippen LogP contribution >= 0.6 is 15.9 Å². The summed E-state index contributed by atoms with van der Waals surface area (Å²) in [7, 11) is 0. The molecule has 1 aliphatic carbocycles. The highest BCUT2D eigenvalue weighted by atomic mass is 79.9. The first-order valence-electron chi connectivity index (χ1n) is 6.39. The summed E-state index contributed by atoms with van der Waals surface area (Å²) in [5.74, 6) is 0.469. The van der Waals surface area contributed by atoms with Crippen molar-refractivity contribution in [1.29, 1.82) is 0 Å². The van der Waals surface area contributed by atoms with Crippen molar-refractivity contribution in [2.45, 2.75) is 57.7 Å². The summed E-state index contributed by atoms with van der Waals surface area (Å²) in [5.41, 5.74) is 0.191. The second kappa shape index (κ2) is 6.04. The van der Waals surface area contributed by atoms with Crippen molar-refractivity contribution in [3.8, 4) is 0 Å². The molecule has 94 valence electrons. The van der Waals surface area contributed by atoms with Gasteiger partial charge in [-0.2, -0.15) is 0 Å². The molecule has 1 aliphatic rings. The predicted octanol–water partition coefficient (Wildman–Crippen LogP) is 3.49. The summed E-state index contributed by atoms with van der Waals surface area (Å²) in [6.07, 6.45) is 5.70. The van der Waals surface area contributed by atoms with Crippen molar-refractivity contribution in [1.82, 2.24) is 5.32 Å². The van der Waals surface area contributed by atoms with E-state index in [0.717, 1.165) is 25.8 Å². The summed E-state index contributed by atoms with van der Waals surface area (Å²) in [6, 6.07) is 0. The van der Waals surface area contributed by atoms with Crippen molar-refractivity contribution in [3.63, 3.8) is 0 Å². The van der Waals surface area contributed by atoms with Gasteiger partial charge in [-0.05, 0) is 24.7 Å². The van der Waals surface area contributed by atoms with Crippen LogP contribution in [0.5, 0.6) is 0 Å². The minimum Gasteiger partial charge on any atom is -0.355 e. The zero-order valence-electron chi connectivity index (χ0n) is 10.7. The van der Waals surface area contributed by atoms with Gasteiger partial charge in [-0.15, -0.1) is 0 Å². The van der Waals surface area contributed by atoms with Crippen molar-refractivity contribution in [3.05, 3.63) is 0 Å². The Kier molecular flexibility index (Phi) is 5.29. The summed E-state index contributed by atoms with van der Waals surface area (Å²) < 4.78 is 0. The minimum atomic E-state index is 0.191. The third-order valence-corrected chi connectivity index (χ3v) is 4.45. The Morgan fingerprint density at radius 3 is 2.75 bits per heavy atom. The van der Waals surface area contributed by atoms with Crippen LogP contribution in [0.15, 0.2) is 0 Å². The van der Waals surface area contributed by atoms with Gasteiger partial charge in [-0.25, -0.2) is 0 Å². The molecule has 1 saturated carbocycles. The normalized spacial score (nSPS) is 25.4. The maximum atomic E-state index is 12.0. The highest BCUT2D eigenvalue weighted by Crippen LogP contribution is 2.42. The molecule has 0 aromatic rings. The maximum Gasteiger partial charge on any atom is 0.223 e. The molecule has 0 saturated heterocycles. The lowest BCUT2D eigenvalue weighted by molar-refractivity contribution is -0.127. The van der Waals surface area contributed by atoms with E-state index in [0.29, 0.717) is 4.83 Å². The maximum absolute atomic E-state index is 12.0. The summed E-state index contributed by atoms with van der Waals surface area (Å²) in [6.45, 7) is 7.35. The third-order valence-electron chi connectivity index (χ3n) is 3.67. The minimum absolute atomic E-state index is 0.191. The molecule has 0 aromatic heterocycles. The number of amides is 1. The van der Waals surface area contributed by atoms with Crippen LogP contribution in [0.2, 0.25) is 0 Å². The lowest BCUT2D eigenvalue weighted by atomic mass is 9.81. The molecule has 0 aliphatic heterocycles. The Labute approximate surface area is 108 Å². The highest BCUT2D eigenvalue weighted by molar-refractivity contribution is 9.09. The number of carbonyl (C=O) groups excluding carboxylic acids is 1. The van der Waals surface area contributed by atoms with Crippen LogP contribution in [0.1, 0.15) is 52.9 Å². The van der Waals surface area contributed by atoms with Gasteiger partial charge >= 0.3 is 0 Å². The van der Waals surface area contributed by atoms with E-state index in [1.165, 1.54) is 12.8 Å². The molecule has 2 atom stereocenters. The van der Waals surface area contributed by atoms with Gasteiger partial charge in [-0.1, -0.05) is 49.5 Å². The first-order valence-corrected chi connectivity index (χ1v) is 7.30. The van der Waals surface area contributed by atoms with E-state index in [-0.39, 0.29) is 17.2 Å². The Hall–Kier alpha value is -0.0500. The van der Waals surface area contributed by atoms with Gasteiger partial charge in [0.15, 0.2) is 0 Å². The molecule has 1 N–H and O–H groups in total. The van der Waals surface area contributed by atoms with Crippen molar-refractivity contribution in [2.75, 3.05) is 6.54 Å². The van der Waals surface area contributed by atoms with Crippen LogP contribution in [-0.4, -0.2) is 17.3 Å². The van der Waals surface area contributed by atoms with Gasteiger partial charge in [0.25, 0.3) is 0 Å². The molecule has 0 radical (unpaired) electrons. The average Bonchev–Trinajstić information content (AvgIpc) is 2.55. The van der Waals surface area contributed by atoms with E-state index >= 15 is 0 Å². The standard InChI is InChI=1S/C13H24BrNO/c1-4-6-10(14)9-15-12(16)11-7-5-8-13(11,2)3/h10-11H,4-9H2,1-3H3,(H,15,16). The monoisotopic (exact) mass is 289 g/mol. The molecule has 1 amide bonds. The van der Waals surface area contributed by atoms with E-state index in [1.807, 2.05) is 0 Å². The zero-order valence-corrected chi connectivity index (χ0v) is 12.3. The fourth-order valence-corrected chi connectivity index (χ4v) is 3.18. The smallest absolute Gasteiger partial charge is 0.223 e. The second-order valence-electron chi connectivity index (χ2n) is 5.56. The van der Waals surface area contributed by atoms with Gasteiger partial charge in [0.2, 0.25) is 5.91 Å². The van der Waals surface area contributed by atoms with Crippen LogP contribution < -0.4 is 5.32 Å². The van der Waals surface area contributed by atoms with Crippen LogP contribution in [-0.2, 0) is 4.79 Å². The summed E-state index contributed by atoms with van der Waals surface area (Å²) >= 11 is 3.59. The van der Waals surface area contributed by atoms with Gasteiger partial charge in [0.05, 0.1) is 0 Å². The van der Waals surface area contributed by atoms with Crippen molar-refractivity contribution < 1.29 is 4.79 Å². The molecule has 0 bridgehead atoms. The Bertz CT molecular complexity index is 240. The Balaban J connectivity index is 2.35. The fraction of sp³-hybridized carbons (Fsp3) is 0.923. The number of alkyl halides is 1. The fourth-order valence-electron chi connectivity index (χ4n) is 2.56.